The highest BCUT2D eigenvalue weighted by Gasteiger charge is 2.35. The summed E-state index contributed by atoms with van der Waals surface area (Å²) in [5.74, 6) is -0.0729. The van der Waals surface area contributed by atoms with Gasteiger partial charge in [-0.05, 0) is 25.7 Å². The van der Waals surface area contributed by atoms with Gasteiger partial charge in [0.05, 0.1) is 18.4 Å². The molecule has 0 aromatic carbocycles. The second kappa shape index (κ2) is 6.62. The van der Waals surface area contributed by atoms with Crippen molar-refractivity contribution >= 4 is 15.9 Å². The molecule has 0 aromatic rings. The van der Waals surface area contributed by atoms with Crippen LogP contribution in [-0.2, 0) is 14.8 Å². The van der Waals surface area contributed by atoms with Crippen molar-refractivity contribution in [1.82, 2.24) is 9.21 Å². The molecule has 2 aliphatic rings. The zero-order chi connectivity index (χ0) is 15.6. The molecule has 1 heterocycles. The van der Waals surface area contributed by atoms with Gasteiger partial charge >= 0.3 is 0 Å². The summed E-state index contributed by atoms with van der Waals surface area (Å²) in [5, 5.41) is 10.1. The summed E-state index contributed by atoms with van der Waals surface area (Å²) >= 11 is 0. The SMILES string of the molecule is CN(C(=O)C1CCN(S(C)(=O)=O)CC1)[C@H]1CCCC[C@H]1O. The van der Waals surface area contributed by atoms with Crippen LogP contribution in [0.1, 0.15) is 38.5 Å². The van der Waals surface area contributed by atoms with Gasteiger partial charge in [-0.1, -0.05) is 12.8 Å². The van der Waals surface area contributed by atoms with Gasteiger partial charge in [-0.25, -0.2) is 12.7 Å². The summed E-state index contributed by atoms with van der Waals surface area (Å²) in [7, 11) is -1.39. The maximum absolute atomic E-state index is 12.5. The first kappa shape index (κ1) is 16.7. The van der Waals surface area contributed by atoms with Gasteiger partial charge in [-0.3, -0.25) is 4.79 Å². The lowest BCUT2D eigenvalue weighted by Crippen LogP contribution is -2.50. The molecule has 21 heavy (non-hydrogen) atoms. The van der Waals surface area contributed by atoms with Gasteiger partial charge in [0.2, 0.25) is 15.9 Å². The van der Waals surface area contributed by atoms with Gasteiger partial charge in [0.15, 0.2) is 0 Å². The Hall–Kier alpha value is -0.660. The summed E-state index contributed by atoms with van der Waals surface area (Å²) in [6, 6.07) is -0.0841. The zero-order valence-electron chi connectivity index (χ0n) is 12.9. The Morgan fingerprint density at radius 2 is 1.71 bits per heavy atom. The minimum Gasteiger partial charge on any atom is -0.391 e. The number of carbonyl (C=O) groups excluding carboxylic acids is 1. The smallest absolute Gasteiger partial charge is 0.225 e. The largest absolute Gasteiger partial charge is 0.391 e. The molecular formula is C14H26N2O4S. The predicted molar refractivity (Wildman–Crippen MR) is 80.2 cm³/mol. The van der Waals surface area contributed by atoms with Crippen LogP contribution < -0.4 is 0 Å². The summed E-state index contributed by atoms with van der Waals surface area (Å²) in [4.78, 5) is 14.2. The van der Waals surface area contributed by atoms with E-state index in [4.69, 9.17) is 0 Å². The first-order chi connectivity index (χ1) is 9.80. The van der Waals surface area contributed by atoms with E-state index in [2.05, 4.69) is 0 Å². The number of aliphatic hydroxyl groups is 1. The van der Waals surface area contributed by atoms with Crippen LogP contribution in [0.25, 0.3) is 0 Å². The van der Waals surface area contributed by atoms with Crippen LogP contribution in [0.2, 0.25) is 0 Å². The first-order valence-electron chi connectivity index (χ1n) is 7.70. The highest BCUT2D eigenvalue weighted by molar-refractivity contribution is 7.88. The number of amides is 1. The second-order valence-electron chi connectivity index (χ2n) is 6.30. The van der Waals surface area contributed by atoms with Crippen molar-refractivity contribution in [1.29, 1.82) is 0 Å². The quantitative estimate of drug-likeness (QED) is 0.818. The Labute approximate surface area is 127 Å². The highest BCUT2D eigenvalue weighted by Crippen LogP contribution is 2.26. The maximum Gasteiger partial charge on any atom is 0.225 e. The van der Waals surface area contributed by atoms with Gasteiger partial charge in [-0.15, -0.1) is 0 Å². The maximum atomic E-state index is 12.5. The molecule has 0 unspecified atom stereocenters. The lowest BCUT2D eigenvalue weighted by molar-refractivity contribution is -0.141. The molecule has 0 spiro atoms. The number of piperidine rings is 1. The molecular weight excluding hydrogens is 292 g/mol. The topological polar surface area (TPSA) is 77.9 Å². The molecule has 1 aliphatic carbocycles. The van der Waals surface area contributed by atoms with Crippen molar-refractivity contribution in [3.8, 4) is 0 Å². The normalized spacial score (nSPS) is 29.3. The van der Waals surface area contributed by atoms with Gasteiger partial charge in [0.1, 0.15) is 0 Å². The fourth-order valence-electron chi connectivity index (χ4n) is 3.43. The zero-order valence-corrected chi connectivity index (χ0v) is 13.7. The lowest BCUT2D eigenvalue weighted by Gasteiger charge is -2.38. The molecule has 122 valence electrons. The molecule has 1 amide bonds. The number of hydrogen-bond acceptors (Lipinski definition) is 4. The van der Waals surface area contributed by atoms with Gasteiger partial charge in [0.25, 0.3) is 0 Å². The molecule has 0 aromatic heterocycles. The number of sulfonamides is 1. The summed E-state index contributed by atoms with van der Waals surface area (Å²) in [6.07, 6.45) is 5.60. The van der Waals surface area contributed by atoms with Gasteiger partial charge < -0.3 is 10.0 Å². The Bertz CT molecular complexity index is 471. The average molecular weight is 318 g/mol. The molecule has 1 saturated carbocycles. The number of likely N-dealkylation sites (N-methyl/N-ethyl adjacent to an activating group) is 1. The third-order valence-electron chi connectivity index (χ3n) is 4.81. The highest BCUT2D eigenvalue weighted by atomic mass is 32.2. The van der Waals surface area contributed by atoms with Crippen LogP contribution in [0.15, 0.2) is 0 Å². The monoisotopic (exact) mass is 318 g/mol. The molecule has 0 radical (unpaired) electrons. The van der Waals surface area contributed by atoms with E-state index >= 15 is 0 Å². The fourth-order valence-corrected chi connectivity index (χ4v) is 4.30. The van der Waals surface area contributed by atoms with Gasteiger partial charge in [0, 0.05) is 26.1 Å². The van der Waals surface area contributed by atoms with E-state index < -0.39 is 16.1 Å². The third kappa shape index (κ3) is 3.96. The van der Waals surface area contributed by atoms with E-state index in [1.807, 2.05) is 0 Å². The van der Waals surface area contributed by atoms with Crippen LogP contribution >= 0.6 is 0 Å². The van der Waals surface area contributed by atoms with E-state index in [1.165, 1.54) is 10.6 Å². The van der Waals surface area contributed by atoms with Crippen molar-refractivity contribution in [3.05, 3.63) is 0 Å². The number of nitrogens with zero attached hydrogens (tertiary/aromatic N) is 2. The van der Waals surface area contributed by atoms with Crippen LogP contribution in [0.4, 0.5) is 0 Å². The van der Waals surface area contributed by atoms with E-state index in [-0.39, 0.29) is 17.9 Å². The van der Waals surface area contributed by atoms with E-state index in [9.17, 15) is 18.3 Å². The van der Waals surface area contributed by atoms with Gasteiger partial charge in [-0.2, -0.15) is 0 Å². The summed E-state index contributed by atoms with van der Waals surface area (Å²) in [6.45, 7) is 0.826. The minimum atomic E-state index is -3.16. The molecule has 6 nitrogen and oxygen atoms in total. The van der Waals surface area contributed by atoms with Crippen molar-refractivity contribution in [2.24, 2.45) is 5.92 Å². The molecule has 0 bridgehead atoms. The van der Waals surface area contributed by atoms with Crippen molar-refractivity contribution < 1.29 is 18.3 Å². The van der Waals surface area contributed by atoms with Crippen LogP contribution in [0.5, 0.6) is 0 Å². The summed E-state index contributed by atoms with van der Waals surface area (Å²) in [5.41, 5.74) is 0. The number of aliphatic hydroxyl groups excluding tert-OH is 1. The third-order valence-corrected chi connectivity index (χ3v) is 6.11. The molecule has 2 fully saturated rings. The molecule has 1 aliphatic heterocycles. The van der Waals surface area contributed by atoms with Crippen molar-refractivity contribution in [2.75, 3.05) is 26.4 Å². The second-order valence-corrected chi connectivity index (χ2v) is 8.29. The van der Waals surface area contributed by atoms with Crippen molar-refractivity contribution in [3.63, 3.8) is 0 Å². The lowest BCUT2D eigenvalue weighted by atomic mass is 9.89. The summed E-state index contributed by atoms with van der Waals surface area (Å²) < 4.78 is 24.4. The number of carbonyl (C=O) groups is 1. The van der Waals surface area contributed by atoms with E-state index in [1.54, 1.807) is 11.9 Å². The Balaban J connectivity index is 1.92. The van der Waals surface area contributed by atoms with E-state index in [0.29, 0.717) is 25.9 Å². The molecule has 2 atom stereocenters. The fraction of sp³-hybridized carbons (Fsp3) is 0.929. The number of hydrogen-bond donors (Lipinski definition) is 1. The van der Waals surface area contributed by atoms with Crippen LogP contribution in [-0.4, -0.2) is 67.2 Å². The molecule has 7 heteroatoms. The Morgan fingerprint density at radius 1 is 1.14 bits per heavy atom. The Morgan fingerprint density at radius 3 is 2.24 bits per heavy atom. The molecule has 2 rings (SSSR count). The molecule has 1 N–H and O–H groups in total. The van der Waals surface area contributed by atoms with Crippen molar-refractivity contribution in [2.45, 2.75) is 50.7 Å². The average Bonchev–Trinajstić information content (AvgIpc) is 2.45. The molecule has 1 saturated heterocycles. The number of rotatable bonds is 3. The van der Waals surface area contributed by atoms with E-state index in [0.717, 1.165) is 25.7 Å². The Kier molecular flexibility index (Phi) is 5.27. The first-order valence-corrected chi connectivity index (χ1v) is 9.55. The standard InChI is InChI=1S/C14H26N2O4S/c1-15(12-5-3-4-6-13(12)17)14(18)11-7-9-16(10-8-11)21(2,19)20/h11-13,17H,3-10H2,1-2H3/t12-,13+/m0/s1. The minimum absolute atomic E-state index is 0.0501. The van der Waals surface area contributed by atoms with Crippen LogP contribution in [0.3, 0.4) is 0 Å². The van der Waals surface area contributed by atoms with Crippen LogP contribution in [0, 0.1) is 5.92 Å². The predicted octanol–water partition coefficient (Wildman–Crippen LogP) is 0.420.